The summed E-state index contributed by atoms with van der Waals surface area (Å²) in [6.07, 6.45) is 6.03. The number of carbonyl (C=O) groups is 1. The molecule has 0 aromatic carbocycles. The number of rotatable bonds is 5. The lowest BCUT2D eigenvalue weighted by Crippen LogP contribution is -2.46. The summed E-state index contributed by atoms with van der Waals surface area (Å²) in [6, 6.07) is 0.492. The molecule has 2 saturated heterocycles. The molecule has 1 aliphatic carbocycles. The van der Waals surface area contributed by atoms with Gasteiger partial charge in [0.25, 0.3) is 0 Å². The average Bonchev–Trinajstić information content (AvgIpc) is 2.87. The third-order valence-electron chi connectivity index (χ3n) is 5.16. The molecular formula is C16H29N3O. The Hall–Kier alpha value is -0.610. The molecule has 2 atom stereocenters. The van der Waals surface area contributed by atoms with Crippen LogP contribution in [0.1, 0.15) is 52.9 Å². The molecule has 0 aromatic heterocycles. The van der Waals surface area contributed by atoms with Crippen molar-refractivity contribution in [1.29, 1.82) is 0 Å². The Labute approximate surface area is 122 Å². The van der Waals surface area contributed by atoms with Gasteiger partial charge in [0.15, 0.2) is 0 Å². The van der Waals surface area contributed by atoms with Crippen LogP contribution in [-0.4, -0.2) is 53.1 Å². The van der Waals surface area contributed by atoms with E-state index in [4.69, 9.17) is 0 Å². The van der Waals surface area contributed by atoms with Crippen molar-refractivity contribution in [3.05, 3.63) is 0 Å². The monoisotopic (exact) mass is 279 g/mol. The molecular weight excluding hydrogens is 250 g/mol. The van der Waals surface area contributed by atoms with Gasteiger partial charge < -0.3 is 4.90 Å². The zero-order valence-corrected chi connectivity index (χ0v) is 13.2. The average molecular weight is 279 g/mol. The van der Waals surface area contributed by atoms with Crippen LogP contribution in [0.15, 0.2) is 0 Å². The topological polar surface area (TPSA) is 35.6 Å². The zero-order valence-electron chi connectivity index (χ0n) is 13.2. The largest absolute Gasteiger partial charge is 0.324 e. The molecule has 3 aliphatic rings. The maximum absolute atomic E-state index is 12.7. The van der Waals surface area contributed by atoms with Gasteiger partial charge in [-0.05, 0) is 58.0 Å². The highest BCUT2D eigenvalue weighted by molar-refractivity contribution is 5.91. The van der Waals surface area contributed by atoms with Crippen LogP contribution in [0.3, 0.4) is 0 Å². The van der Waals surface area contributed by atoms with E-state index in [0.29, 0.717) is 17.9 Å². The molecule has 0 bridgehead atoms. The fourth-order valence-electron chi connectivity index (χ4n) is 3.78. The highest BCUT2D eigenvalue weighted by Crippen LogP contribution is 2.43. The van der Waals surface area contributed by atoms with Crippen molar-refractivity contribution >= 4 is 5.91 Å². The van der Waals surface area contributed by atoms with Crippen LogP contribution in [0, 0.1) is 5.92 Å². The lowest BCUT2D eigenvalue weighted by molar-refractivity contribution is -0.131. The van der Waals surface area contributed by atoms with E-state index < -0.39 is 0 Å². The Morgan fingerprint density at radius 3 is 2.45 bits per heavy atom. The van der Waals surface area contributed by atoms with Crippen molar-refractivity contribution in [2.24, 2.45) is 5.92 Å². The summed E-state index contributed by atoms with van der Waals surface area (Å²) < 4.78 is 0. The van der Waals surface area contributed by atoms with Gasteiger partial charge in [0.1, 0.15) is 0 Å². The van der Waals surface area contributed by atoms with E-state index in [2.05, 4.69) is 35.9 Å². The number of amides is 1. The summed E-state index contributed by atoms with van der Waals surface area (Å²) >= 11 is 0. The first kappa shape index (κ1) is 14.3. The molecule has 2 unspecified atom stereocenters. The van der Waals surface area contributed by atoms with Gasteiger partial charge in [0.05, 0.1) is 11.7 Å². The Morgan fingerprint density at radius 2 is 1.90 bits per heavy atom. The molecule has 1 saturated carbocycles. The Balaban J connectivity index is 1.66. The highest BCUT2D eigenvalue weighted by atomic mass is 16.2. The number of nitrogens with zero attached hydrogens (tertiary/aromatic N) is 2. The summed E-state index contributed by atoms with van der Waals surface area (Å²) in [5, 5.41) is 3.63. The Kier molecular flexibility index (Phi) is 3.80. The molecule has 3 rings (SSSR count). The van der Waals surface area contributed by atoms with Crippen LogP contribution in [0.5, 0.6) is 0 Å². The zero-order chi connectivity index (χ0) is 14.3. The predicted octanol–water partition coefficient (Wildman–Crippen LogP) is 1.81. The van der Waals surface area contributed by atoms with Gasteiger partial charge in [-0.2, -0.15) is 0 Å². The van der Waals surface area contributed by atoms with Crippen LogP contribution in [0.25, 0.3) is 0 Å². The highest BCUT2D eigenvalue weighted by Gasteiger charge is 2.59. The lowest BCUT2D eigenvalue weighted by atomic mass is 10.1. The van der Waals surface area contributed by atoms with Crippen LogP contribution in [0.4, 0.5) is 0 Å². The van der Waals surface area contributed by atoms with Gasteiger partial charge in [0.2, 0.25) is 5.91 Å². The lowest BCUT2D eigenvalue weighted by Gasteiger charge is -2.32. The van der Waals surface area contributed by atoms with E-state index in [-0.39, 0.29) is 11.7 Å². The minimum Gasteiger partial charge on any atom is -0.324 e. The summed E-state index contributed by atoms with van der Waals surface area (Å²) in [4.78, 5) is 17.4. The Bertz CT molecular complexity index is 372. The van der Waals surface area contributed by atoms with E-state index in [9.17, 15) is 4.79 Å². The standard InChI is InChI=1S/C16H29N3O/c1-12(2)10-14-17-16(6-7-16)15(20)19(14)11-13(3)18-8-4-5-9-18/h12-14,17H,4-11H2,1-3H3. The first-order chi connectivity index (χ1) is 9.52. The van der Waals surface area contributed by atoms with Crippen molar-refractivity contribution in [2.75, 3.05) is 19.6 Å². The smallest absolute Gasteiger partial charge is 0.244 e. The quantitative estimate of drug-likeness (QED) is 0.833. The number of nitrogens with one attached hydrogen (secondary N) is 1. The second kappa shape index (κ2) is 5.30. The molecule has 4 heteroatoms. The minimum absolute atomic E-state index is 0.162. The van der Waals surface area contributed by atoms with Gasteiger partial charge >= 0.3 is 0 Å². The molecule has 0 aromatic rings. The van der Waals surface area contributed by atoms with Crippen molar-refractivity contribution < 1.29 is 4.79 Å². The van der Waals surface area contributed by atoms with Crippen LogP contribution in [-0.2, 0) is 4.79 Å². The fraction of sp³-hybridized carbons (Fsp3) is 0.938. The van der Waals surface area contributed by atoms with E-state index >= 15 is 0 Å². The van der Waals surface area contributed by atoms with Crippen LogP contribution < -0.4 is 5.32 Å². The maximum Gasteiger partial charge on any atom is 0.244 e. The van der Waals surface area contributed by atoms with E-state index in [0.717, 1.165) is 25.8 Å². The van der Waals surface area contributed by atoms with Gasteiger partial charge in [0, 0.05) is 12.6 Å². The normalized spacial score (nSPS) is 30.7. The van der Waals surface area contributed by atoms with Crippen molar-refractivity contribution in [3.63, 3.8) is 0 Å². The SMILES string of the molecule is CC(C)CC1NC2(CC2)C(=O)N1CC(C)N1CCCC1. The predicted molar refractivity (Wildman–Crippen MR) is 80.3 cm³/mol. The third kappa shape index (κ3) is 2.60. The van der Waals surface area contributed by atoms with Crippen molar-refractivity contribution in [2.45, 2.75) is 70.6 Å². The number of hydrogen-bond acceptors (Lipinski definition) is 3. The minimum atomic E-state index is -0.162. The number of carbonyl (C=O) groups excluding carboxylic acids is 1. The van der Waals surface area contributed by atoms with Crippen molar-refractivity contribution in [1.82, 2.24) is 15.1 Å². The molecule has 4 nitrogen and oxygen atoms in total. The first-order valence-corrected chi connectivity index (χ1v) is 8.35. The molecule has 20 heavy (non-hydrogen) atoms. The summed E-state index contributed by atoms with van der Waals surface area (Å²) in [5.74, 6) is 0.994. The number of likely N-dealkylation sites (tertiary alicyclic amines) is 1. The Morgan fingerprint density at radius 1 is 1.25 bits per heavy atom. The van der Waals surface area contributed by atoms with Gasteiger partial charge in [-0.15, -0.1) is 0 Å². The fourth-order valence-corrected chi connectivity index (χ4v) is 3.78. The maximum atomic E-state index is 12.7. The first-order valence-electron chi connectivity index (χ1n) is 8.35. The molecule has 0 radical (unpaired) electrons. The third-order valence-corrected chi connectivity index (χ3v) is 5.16. The second-order valence-electron chi connectivity index (χ2n) is 7.42. The molecule has 1 amide bonds. The van der Waals surface area contributed by atoms with Crippen molar-refractivity contribution in [3.8, 4) is 0 Å². The van der Waals surface area contributed by atoms with E-state index in [1.54, 1.807) is 0 Å². The molecule has 3 fully saturated rings. The van der Waals surface area contributed by atoms with Crippen LogP contribution >= 0.6 is 0 Å². The second-order valence-corrected chi connectivity index (χ2v) is 7.42. The van der Waals surface area contributed by atoms with Crippen LogP contribution in [0.2, 0.25) is 0 Å². The summed E-state index contributed by atoms with van der Waals surface area (Å²) in [6.45, 7) is 10.1. The van der Waals surface area contributed by atoms with Gasteiger partial charge in [-0.1, -0.05) is 13.8 Å². The van der Waals surface area contributed by atoms with E-state index in [1.165, 1.54) is 25.9 Å². The van der Waals surface area contributed by atoms with Gasteiger partial charge in [-0.3, -0.25) is 15.0 Å². The molecule has 2 heterocycles. The van der Waals surface area contributed by atoms with Gasteiger partial charge in [-0.25, -0.2) is 0 Å². The molecule has 2 aliphatic heterocycles. The summed E-state index contributed by atoms with van der Waals surface area (Å²) in [7, 11) is 0. The molecule has 1 N–H and O–H groups in total. The van der Waals surface area contributed by atoms with E-state index in [1.807, 2.05) is 0 Å². The number of hydrogen-bond donors (Lipinski definition) is 1. The molecule has 114 valence electrons. The molecule has 1 spiro atoms. The summed E-state index contributed by atoms with van der Waals surface area (Å²) in [5.41, 5.74) is -0.162.